The molecule has 7 nitrogen and oxygen atoms in total. The lowest BCUT2D eigenvalue weighted by molar-refractivity contribution is 0.0966. The second-order valence-corrected chi connectivity index (χ2v) is 9.35. The summed E-state index contributed by atoms with van der Waals surface area (Å²) in [4.78, 5) is 27.7. The van der Waals surface area contributed by atoms with Crippen molar-refractivity contribution in [3.63, 3.8) is 0 Å². The lowest BCUT2D eigenvalue weighted by Crippen LogP contribution is -2.33. The second-order valence-electron chi connectivity index (χ2n) is 8.92. The number of benzene rings is 3. The largest absolute Gasteiger partial charge is 0.496 e. The molecule has 0 aliphatic carbocycles. The third-order valence-electron chi connectivity index (χ3n) is 6.63. The normalized spacial score (nSPS) is 13.5. The minimum atomic E-state index is -0.562. The lowest BCUT2D eigenvalue weighted by Gasteiger charge is -2.29. The zero-order valence-corrected chi connectivity index (χ0v) is 20.7. The van der Waals surface area contributed by atoms with E-state index in [0.29, 0.717) is 51.5 Å². The Morgan fingerprint density at radius 2 is 1.84 bits per heavy atom. The van der Waals surface area contributed by atoms with Crippen LogP contribution < -0.4 is 20.7 Å². The first-order valence-corrected chi connectivity index (χ1v) is 12.2. The summed E-state index contributed by atoms with van der Waals surface area (Å²) in [6.45, 7) is 1.65. The topological polar surface area (TPSA) is 82.1 Å². The first kappa shape index (κ1) is 23.3. The fourth-order valence-electron chi connectivity index (χ4n) is 4.82. The van der Waals surface area contributed by atoms with Crippen LogP contribution in [0.3, 0.4) is 0 Å². The zero-order valence-electron chi connectivity index (χ0n) is 20.0. The minimum Gasteiger partial charge on any atom is -0.496 e. The fourth-order valence-corrected chi connectivity index (χ4v) is 5.00. The summed E-state index contributed by atoms with van der Waals surface area (Å²) in [6.07, 6.45) is 0.767. The Bertz CT molecular complexity index is 1770. The van der Waals surface area contributed by atoms with Gasteiger partial charge in [0.1, 0.15) is 29.4 Å². The van der Waals surface area contributed by atoms with Crippen molar-refractivity contribution in [2.45, 2.75) is 13.0 Å². The van der Waals surface area contributed by atoms with E-state index < -0.39 is 11.3 Å². The van der Waals surface area contributed by atoms with E-state index in [0.717, 1.165) is 29.8 Å². The zero-order chi connectivity index (χ0) is 25.5. The van der Waals surface area contributed by atoms with Crippen LogP contribution in [-0.4, -0.2) is 25.3 Å². The van der Waals surface area contributed by atoms with Crippen molar-refractivity contribution in [1.29, 1.82) is 0 Å². The van der Waals surface area contributed by atoms with Crippen molar-refractivity contribution >= 4 is 33.5 Å². The number of methoxy groups -OCH3 is 1. The maximum atomic E-state index is 12.9. The monoisotopic (exact) mass is 515 g/mol. The second kappa shape index (κ2) is 9.42. The fraction of sp³-hybridized carbons (Fsp3) is 0.172. The molecule has 186 valence electrons. The average molecular weight is 516 g/mol. The van der Waals surface area contributed by atoms with E-state index in [4.69, 9.17) is 29.9 Å². The Kier molecular flexibility index (Phi) is 5.94. The Balaban J connectivity index is 1.40. The van der Waals surface area contributed by atoms with Crippen LogP contribution in [0.25, 0.3) is 33.1 Å². The van der Waals surface area contributed by atoms with Gasteiger partial charge in [0.2, 0.25) is 0 Å². The van der Waals surface area contributed by atoms with Crippen LogP contribution in [0.4, 0.5) is 0 Å². The van der Waals surface area contributed by atoms with Crippen LogP contribution in [-0.2, 0) is 13.0 Å². The van der Waals surface area contributed by atoms with Crippen LogP contribution in [0, 0.1) is 0 Å². The SMILES string of the molecule is COc1ccccc1CCN1COc2ccc3c(-c4cc5cc(Cl)ccc5oc4=O)cc(=O)oc3c2C1. The number of hydrogen-bond acceptors (Lipinski definition) is 7. The summed E-state index contributed by atoms with van der Waals surface area (Å²) in [5, 5.41) is 1.80. The summed E-state index contributed by atoms with van der Waals surface area (Å²) >= 11 is 6.14. The molecule has 2 aromatic heterocycles. The van der Waals surface area contributed by atoms with Crippen LogP contribution in [0.1, 0.15) is 11.1 Å². The number of para-hydroxylation sites is 1. The van der Waals surface area contributed by atoms with Crippen molar-refractivity contribution in [2.24, 2.45) is 0 Å². The number of halogens is 1. The molecule has 8 heteroatoms. The molecule has 3 aromatic carbocycles. The summed E-state index contributed by atoms with van der Waals surface area (Å²) in [5.74, 6) is 1.50. The van der Waals surface area contributed by atoms with Crippen molar-refractivity contribution in [1.82, 2.24) is 4.90 Å². The maximum absolute atomic E-state index is 12.9. The van der Waals surface area contributed by atoms with Gasteiger partial charge in [0.15, 0.2) is 0 Å². The molecule has 0 spiro atoms. The van der Waals surface area contributed by atoms with E-state index in [1.807, 2.05) is 30.3 Å². The highest BCUT2D eigenvalue weighted by Gasteiger charge is 2.24. The predicted octanol–water partition coefficient (Wildman–Crippen LogP) is 5.62. The van der Waals surface area contributed by atoms with Crippen molar-refractivity contribution in [2.75, 3.05) is 20.4 Å². The van der Waals surface area contributed by atoms with Gasteiger partial charge in [-0.05, 0) is 54.4 Å². The molecule has 3 heterocycles. The number of hydrogen-bond donors (Lipinski definition) is 0. The van der Waals surface area contributed by atoms with Crippen LogP contribution in [0.5, 0.6) is 11.5 Å². The molecule has 5 aromatic rings. The van der Waals surface area contributed by atoms with Gasteiger partial charge >= 0.3 is 11.3 Å². The molecule has 0 unspecified atom stereocenters. The molecular formula is C29H22ClNO6. The third kappa shape index (κ3) is 4.37. The molecule has 37 heavy (non-hydrogen) atoms. The van der Waals surface area contributed by atoms with Gasteiger partial charge in [0.25, 0.3) is 0 Å². The number of ether oxygens (including phenoxy) is 2. The van der Waals surface area contributed by atoms with Gasteiger partial charge in [-0.25, -0.2) is 9.59 Å². The Morgan fingerprint density at radius 1 is 0.973 bits per heavy atom. The molecule has 0 saturated carbocycles. The minimum absolute atomic E-state index is 0.261. The lowest BCUT2D eigenvalue weighted by atomic mass is 9.99. The Hall–Kier alpha value is -4.07. The summed E-state index contributed by atoms with van der Waals surface area (Å²) in [7, 11) is 1.66. The van der Waals surface area contributed by atoms with Crippen LogP contribution in [0.2, 0.25) is 5.02 Å². The summed E-state index contributed by atoms with van der Waals surface area (Å²) in [5.41, 5.74) is 2.27. The molecule has 0 amide bonds. The van der Waals surface area contributed by atoms with Crippen LogP contribution in [0.15, 0.2) is 85.2 Å². The average Bonchev–Trinajstić information content (AvgIpc) is 2.91. The van der Waals surface area contributed by atoms with E-state index in [1.54, 1.807) is 37.4 Å². The maximum Gasteiger partial charge on any atom is 0.344 e. The molecule has 1 aliphatic heterocycles. The molecule has 6 rings (SSSR count). The molecule has 0 N–H and O–H groups in total. The van der Waals surface area contributed by atoms with E-state index in [-0.39, 0.29) is 5.56 Å². The van der Waals surface area contributed by atoms with E-state index in [1.165, 1.54) is 6.07 Å². The van der Waals surface area contributed by atoms with Gasteiger partial charge in [-0.2, -0.15) is 0 Å². The number of rotatable bonds is 5. The van der Waals surface area contributed by atoms with Gasteiger partial charge in [-0.3, -0.25) is 4.90 Å². The van der Waals surface area contributed by atoms with Crippen molar-refractivity contribution in [3.8, 4) is 22.6 Å². The molecule has 0 saturated heterocycles. The highest BCUT2D eigenvalue weighted by atomic mass is 35.5. The van der Waals surface area contributed by atoms with Gasteiger partial charge in [0, 0.05) is 40.5 Å². The summed E-state index contributed by atoms with van der Waals surface area (Å²) in [6, 6.07) is 19.6. The van der Waals surface area contributed by atoms with Gasteiger partial charge in [-0.1, -0.05) is 29.8 Å². The Morgan fingerprint density at radius 3 is 2.70 bits per heavy atom. The van der Waals surface area contributed by atoms with E-state index in [9.17, 15) is 9.59 Å². The summed E-state index contributed by atoms with van der Waals surface area (Å²) < 4.78 is 22.7. The standard InChI is InChI=1S/C29H22ClNO6/c1-34-24-5-3-2-4-17(24)10-11-31-15-23-26(35-16-31)9-7-20-21(14-27(32)37-28(20)23)22-13-18-12-19(30)6-8-25(18)36-29(22)33/h2-9,12-14H,10-11,15-16H2,1H3. The van der Waals surface area contributed by atoms with Crippen molar-refractivity contribution in [3.05, 3.63) is 104 Å². The van der Waals surface area contributed by atoms with Gasteiger partial charge in [0.05, 0.1) is 18.2 Å². The highest BCUT2D eigenvalue weighted by Crippen LogP contribution is 2.36. The van der Waals surface area contributed by atoms with Gasteiger partial charge < -0.3 is 18.3 Å². The first-order chi connectivity index (χ1) is 18.0. The smallest absolute Gasteiger partial charge is 0.344 e. The Labute approximate surface area is 216 Å². The van der Waals surface area contributed by atoms with Gasteiger partial charge in [-0.15, -0.1) is 0 Å². The molecule has 0 bridgehead atoms. The number of nitrogens with zero attached hydrogens (tertiary/aromatic N) is 1. The molecule has 0 radical (unpaired) electrons. The molecule has 1 aliphatic rings. The number of fused-ring (bicyclic) bond motifs is 4. The highest BCUT2D eigenvalue weighted by molar-refractivity contribution is 6.31. The van der Waals surface area contributed by atoms with Crippen molar-refractivity contribution < 1.29 is 18.3 Å². The molecule has 0 atom stereocenters. The predicted molar refractivity (Wildman–Crippen MR) is 142 cm³/mol. The first-order valence-electron chi connectivity index (χ1n) is 11.8. The van der Waals surface area contributed by atoms with Crippen LogP contribution >= 0.6 is 11.6 Å². The third-order valence-corrected chi connectivity index (χ3v) is 6.87. The molecule has 0 fully saturated rings. The molecular weight excluding hydrogens is 494 g/mol. The van der Waals surface area contributed by atoms with E-state index >= 15 is 0 Å². The van der Waals surface area contributed by atoms with E-state index in [2.05, 4.69) is 4.90 Å². The quantitative estimate of drug-likeness (QED) is 0.281.